The lowest BCUT2D eigenvalue weighted by atomic mass is 9.96. The Labute approximate surface area is 79.8 Å². The molecule has 0 saturated carbocycles. The summed E-state index contributed by atoms with van der Waals surface area (Å²) in [6.45, 7) is 1.51. The van der Waals surface area contributed by atoms with E-state index in [1.807, 2.05) is 0 Å². The molecular weight excluding hydrogens is 188 g/mol. The van der Waals surface area contributed by atoms with Crippen LogP contribution < -0.4 is 11.1 Å². The van der Waals surface area contributed by atoms with Gasteiger partial charge in [0.05, 0.1) is 12.3 Å². The average molecular weight is 198 g/mol. The summed E-state index contributed by atoms with van der Waals surface area (Å²) in [5.41, 5.74) is 5.44. The Morgan fingerprint density at radius 1 is 1.57 bits per heavy atom. The highest BCUT2D eigenvalue weighted by atomic mass is 16.4. The van der Waals surface area contributed by atoms with Crippen molar-refractivity contribution in [3.05, 3.63) is 11.3 Å². The maximum atomic E-state index is 11.2. The lowest BCUT2D eigenvalue weighted by Gasteiger charge is -2.05. The first-order valence-corrected chi connectivity index (χ1v) is 3.96. The van der Waals surface area contributed by atoms with E-state index in [4.69, 9.17) is 10.8 Å². The summed E-state index contributed by atoms with van der Waals surface area (Å²) in [4.78, 5) is 32.6. The van der Waals surface area contributed by atoms with Crippen LogP contribution in [0.4, 0.5) is 0 Å². The van der Waals surface area contributed by atoms with Gasteiger partial charge in [-0.3, -0.25) is 14.4 Å². The minimum atomic E-state index is -1.14. The Morgan fingerprint density at radius 3 is 2.57 bits per heavy atom. The number of hydrogen-bond donors (Lipinski definition) is 3. The molecule has 0 aromatic heterocycles. The fraction of sp³-hybridized carbons (Fsp3) is 0.375. The van der Waals surface area contributed by atoms with Gasteiger partial charge in [0.2, 0.25) is 11.8 Å². The quantitative estimate of drug-likeness (QED) is 0.538. The van der Waals surface area contributed by atoms with Crippen LogP contribution in [0.15, 0.2) is 11.3 Å². The van der Waals surface area contributed by atoms with Gasteiger partial charge in [-0.2, -0.15) is 0 Å². The molecule has 6 nitrogen and oxygen atoms in total. The van der Waals surface area contributed by atoms with E-state index in [9.17, 15) is 14.4 Å². The molecule has 4 N–H and O–H groups in total. The van der Waals surface area contributed by atoms with Crippen molar-refractivity contribution in [1.82, 2.24) is 5.32 Å². The highest BCUT2D eigenvalue weighted by Crippen LogP contribution is 2.24. The van der Waals surface area contributed by atoms with E-state index >= 15 is 0 Å². The van der Waals surface area contributed by atoms with Crippen LogP contribution in [-0.4, -0.2) is 22.9 Å². The second-order valence-corrected chi connectivity index (χ2v) is 3.04. The second-order valence-electron chi connectivity index (χ2n) is 3.04. The largest absolute Gasteiger partial charge is 0.481 e. The van der Waals surface area contributed by atoms with Crippen LogP contribution in [0.25, 0.3) is 0 Å². The van der Waals surface area contributed by atoms with Crippen molar-refractivity contribution in [3.63, 3.8) is 0 Å². The summed E-state index contributed by atoms with van der Waals surface area (Å²) in [5.74, 6) is -3.34. The SMILES string of the molecule is CC1=C(C(N)=O)[C@H](CC(=O)O)C(=O)N1. The predicted molar refractivity (Wildman–Crippen MR) is 45.8 cm³/mol. The number of carboxylic acids is 1. The third-order valence-electron chi connectivity index (χ3n) is 2.02. The van der Waals surface area contributed by atoms with Crippen LogP contribution in [0, 0.1) is 5.92 Å². The zero-order valence-electron chi connectivity index (χ0n) is 7.53. The standard InChI is InChI=1S/C8H10N2O4/c1-3-6(7(9)13)4(2-5(11)12)8(14)10-3/h4H,2H2,1H3,(H2,9,13)(H,10,14)(H,11,12)/t4-/m0/s1. The fourth-order valence-corrected chi connectivity index (χ4v) is 1.46. The number of nitrogens with one attached hydrogen (secondary N) is 1. The van der Waals surface area contributed by atoms with E-state index in [0.29, 0.717) is 5.70 Å². The molecule has 0 spiro atoms. The first-order chi connectivity index (χ1) is 6.43. The Bertz CT molecular complexity index is 345. The summed E-state index contributed by atoms with van der Waals surface area (Å²) in [7, 11) is 0. The van der Waals surface area contributed by atoms with Crippen LogP contribution in [-0.2, 0) is 14.4 Å². The Morgan fingerprint density at radius 2 is 2.14 bits per heavy atom. The van der Waals surface area contributed by atoms with Gasteiger partial charge in [-0.25, -0.2) is 0 Å². The molecule has 0 radical (unpaired) electrons. The van der Waals surface area contributed by atoms with Crippen molar-refractivity contribution in [2.24, 2.45) is 11.7 Å². The zero-order valence-corrected chi connectivity index (χ0v) is 7.53. The molecule has 0 aromatic carbocycles. The van der Waals surface area contributed by atoms with Gasteiger partial charge in [-0.15, -0.1) is 0 Å². The third-order valence-corrected chi connectivity index (χ3v) is 2.02. The van der Waals surface area contributed by atoms with Crippen molar-refractivity contribution in [2.45, 2.75) is 13.3 Å². The predicted octanol–water partition coefficient (Wildman–Crippen LogP) is -1.03. The van der Waals surface area contributed by atoms with Gasteiger partial charge in [0, 0.05) is 11.3 Å². The van der Waals surface area contributed by atoms with Gasteiger partial charge in [0.25, 0.3) is 0 Å². The first kappa shape index (κ1) is 10.2. The number of rotatable bonds is 3. The van der Waals surface area contributed by atoms with Crippen LogP contribution in [0.2, 0.25) is 0 Å². The lowest BCUT2D eigenvalue weighted by molar-refractivity contribution is -0.140. The van der Waals surface area contributed by atoms with E-state index < -0.39 is 30.1 Å². The molecule has 1 rings (SSSR count). The number of amides is 2. The van der Waals surface area contributed by atoms with Crippen molar-refractivity contribution >= 4 is 17.8 Å². The number of carbonyl (C=O) groups excluding carboxylic acids is 2. The summed E-state index contributed by atoms with van der Waals surface area (Å²) in [6, 6.07) is 0. The number of carbonyl (C=O) groups is 3. The number of aliphatic carboxylic acids is 1. The molecule has 14 heavy (non-hydrogen) atoms. The smallest absolute Gasteiger partial charge is 0.304 e. The van der Waals surface area contributed by atoms with Gasteiger partial charge < -0.3 is 16.2 Å². The van der Waals surface area contributed by atoms with Gasteiger partial charge >= 0.3 is 5.97 Å². The van der Waals surface area contributed by atoms with Gasteiger partial charge in [-0.05, 0) is 6.92 Å². The Hall–Kier alpha value is -1.85. The minimum Gasteiger partial charge on any atom is -0.481 e. The molecule has 1 heterocycles. The van der Waals surface area contributed by atoms with Crippen molar-refractivity contribution in [2.75, 3.05) is 0 Å². The highest BCUT2D eigenvalue weighted by Gasteiger charge is 2.35. The van der Waals surface area contributed by atoms with Crippen LogP contribution >= 0.6 is 0 Å². The molecule has 0 unspecified atom stereocenters. The van der Waals surface area contributed by atoms with Crippen LogP contribution in [0.1, 0.15) is 13.3 Å². The van der Waals surface area contributed by atoms with E-state index in [1.54, 1.807) is 0 Å². The fourth-order valence-electron chi connectivity index (χ4n) is 1.46. The zero-order chi connectivity index (χ0) is 10.9. The van der Waals surface area contributed by atoms with Crippen molar-refractivity contribution in [1.29, 1.82) is 0 Å². The monoisotopic (exact) mass is 198 g/mol. The third kappa shape index (κ3) is 1.73. The summed E-state index contributed by atoms with van der Waals surface area (Å²) in [6.07, 6.45) is -0.415. The van der Waals surface area contributed by atoms with Gasteiger partial charge in [-0.1, -0.05) is 0 Å². The molecule has 6 heteroatoms. The molecule has 1 atom stereocenters. The van der Waals surface area contributed by atoms with Crippen molar-refractivity contribution < 1.29 is 19.5 Å². The topological polar surface area (TPSA) is 109 Å². The summed E-state index contributed by atoms with van der Waals surface area (Å²) >= 11 is 0. The maximum absolute atomic E-state index is 11.2. The van der Waals surface area contributed by atoms with E-state index in [0.717, 1.165) is 0 Å². The van der Waals surface area contributed by atoms with Crippen molar-refractivity contribution in [3.8, 4) is 0 Å². The highest BCUT2D eigenvalue weighted by molar-refractivity contribution is 6.04. The van der Waals surface area contributed by atoms with E-state index in [2.05, 4.69) is 5.32 Å². The van der Waals surface area contributed by atoms with Crippen LogP contribution in [0.5, 0.6) is 0 Å². The Kier molecular flexibility index (Phi) is 2.55. The molecule has 0 saturated heterocycles. The lowest BCUT2D eigenvalue weighted by Crippen LogP contribution is -2.26. The second kappa shape index (κ2) is 3.49. The summed E-state index contributed by atoms with van der Waals surface area (Å²) in [5, 5.41) is 10.9. The minimum absolute atomic E-state index is 0.0670. The molecular formula is C8H10N2O4. The van der Waals surface area contributed by atoms with Crippen LogP contribution in [0.3, 0.4) is 0 Å². The molecule has 1 aliphatic heterocycles. The first-order valence-electron chi connectivity index (χ1n) is 3.96. The molecule has 0 bridgehead atoms. The number of allylic oxidation sites excluding steroid dienone is 1. The number of hydrogen-bond acceptors (Lipinski definition) is 3. The van der Waals surface area contributed by atoms with E-state index in [1.165, 1.54) is 6.92 Å². The molecule has 0 aromatic rings. The number of nitrogens with two attached hydrogens (primary N) is 1. The van der Waals surface area contributed by atoms with Gasteiger partial charge in [0.1, 0.15) is 0 Å². The number of primary amides is 1. The normalized spacial score (nSPS) is 20.9. The molecule has 0 aliphatic carbocycles. The van der Waals surface area contributed by atoms with E-state index in [-0.39, 0.29) is 5.57 Å². The number of carboxylic acid groups (broad SMARTS) is 1. The molecule has 1 aliphatic rings. The Balaban J connectivity index is 2.97. The maximum Gasteiger partial charge on any atom is 0.304 e. The molecule has 2 amide bonds. The van der Waals surface area contributed by atoms with Gasteiger partial charge in [0.15, 0.2) is 0 Å². The summed E-state index contributed by atoms with van der Waals surface area (Å²) < 4.78 is 0. The molecule has 76 valence electrons. The average Bonchev–Trinajstić information content (AvgIpc) is 2.25. The molecule has 0 fully saturated rings.